The first kappa shape index (κ1) is 16.5. The molecule has 7 heteroatoms. The summed E-state index contributed by atoms with van der Waals surface area (Å²) in [6.07, 6.45) is 4.98. The summed E-state index contributed by atoms with van der Waals surface area (Å²) < 4.78 is 12.3. The maximum atomic E-state index is 12.1. The third-order valence-corrected chi connectivity index (χ3v) is 3.66. The van der Waals surface area contributed by atoms with Gasteiger partial charge in [-0.05, 0) is 36.4 Å². The second-order valence-corrected chi connectivity index (χ2v) is 5.20. The lowest BCUT2D eigenvalue weighted by atomic mass is 10.1. The van der Waals surface area contributed by atoms with Crippen LogP contribution in [-0.2, 0) is 11.3 Å². The van der Waals surface area contributed by atoms with E-state index in [9.17, 15) is 4.79 Å². The zero-order valence-electron chi connectivity index (χ0n) is 14.0. The van der Waals surface area contributed by atoms with Crippen LogP contribution in [0.15, 0.2) is 48.7 Å². The molecule has 0 bridgehead atoms. The topological polar surface area (TPSA) is 77.8 Å². The molecule has 0 aliphatic heterocycles. The fraction of sp³-hybridized carbons (Fsp3) is 0.167. The highest BCUT2D eigenvalue weighted by Crippen LogP contribution is 2.24. The molecule has 1 amide bonds. The standard InChI is InChI=1S/C18H18N4O3/c1-24-14-7-8-15(25-2)13(11-14)6-9-18(23)19-12-17-21-20-16-5-3-4-10-22(16)17/h3-11H,12H2,1-2H3,(H,19,23)/b9-6+. The Morgan fingerprint density at radius 2 is 2.08 bits per heavy atom. The van der Waals surface area contributed by atoms with Crippen molar-refractivity contribution in [3.8, 4) is 11.5 Å². The number of carbonyl (C=O) groups excluding carboxylic acids is 1. The summed E-state index contributed by atoms with van der Waals surface area (Å²) in [5.74, 6) is 1.78. The van der Waals surface area contributed by atoms with E-state index in [0.717, 1.165) is 11.2 Å². The van der Waals surface area contributed by atoms with Crippen LogP contribution in [0.3, 0.4) is 0 Å². The number of hydrogen-bond acceptors (Lipinski definition) is 5. The fourth-order valence-corrected chi connectivity index (χ4v) is 2.37. The fourth-order valence-electron chi connectivity index (χ4n) is 2.37. The van der Waals surface area contributed by atoms with Gasteiger partial charge in [0.2, 0.25) is 5.91 Å². The minimum Gasteiger partial charge on any atom is -0.497 e. The normalized spacial score (nSPS) is 11.0. The lowest BCUT2D eigenvalue weighted by Crippen LogP contribution is -2.21. The maximum Gasteiger partial charge on any atom is 0.244 e. The van der Waals surface area contributed by atoms with Crippen LogP contribution >= 0.6 is 0 Å². The zero-order chi connectivity index (χ0) is 17.6. The molecule has 1 N–H and O–H groups in total. The van der Waals surface area contributed by atoms with Gasteiger partial charge in [0.05, 0.1) is 20.8 Å². The Morgan fingerprint density at radius 3 is 2.88 bits per heavy atom. The Kier molecular flexibility index (Phi) is 4.94. The highest BCUT2D eigenvalue weighted by molar-refractivity contribution is 5.92. The quantitative estimate of drug-likeness (QED) is 0.696. The summed E-state index contributed by atoms with van der Waals surface area (Å²) in [6.45, 7) is 0.281. The van der Waals surface area contributed by atoms with Gasteiger partial charge < -0.3 is 14.8 Å². The van der Waals surface area contributed by atoms with Crippen molar-refractivity contribution in [2.24, 2.45) is 0 Å². The smallest absolute Gasteiger partial charge is 0.244 e. The third-order valence-electron chi connectivity index (χ3n) is 3.66. The molecule has 0 unspecified atom stereocenters. The van der Waals surface area contributed by atoms with Gasteiger partial charge in [0.15, 0.2) is 11.5 Å². The number of nitrogens with zero attached hydrogens (tertiary/aromatic N) is 3. The number of hydrogen-bond donors (Lipinski definition) is 1. The first-order valence-corrected chi connectivity index (χ1v) is 7.68. The number of pyridine rings is 1. The SMILES string of the molecule is COc1ccc(OC)c(/C=C/C(=O)NCc2nnc3ccccn23)c1. The molecule has 0 spiro atoms. The molecule has 0 atom stereocenters. The van der Waals surface area contributed by atoms with Crippen LogP contribution in [0.1, 0.15) is 11.4 Å². The zero-order valence-corrected chi connectivity index (χ0v) is 14.0. The molecule has 0 radical (unpaired) electrons. The van der Waals surface area contributed by atoms with Crippen molar-refractivity contribution in [2.75, 3.05) is 14.2 Å². The Bertz CT molecular complexity index is 918. The van der Waals surface area contributed by atoms with Crippen LogP contribution in [0.2, 0.25) is 0 Å². The average Bonchev–Trinajstić information content (AvgIpc) is 3.07. The second kappa shape index (κ2) is 7.48. The number of rotatable bonds is 6. The molecule has 2 heterocycles. The van der Waals surface area contributed by atoms with Crippen molar-refractivity contribution in [1.29, 1.82) is 0 Å². The molecule has 2 aromatic heterocycles. The van der Waals surface area contributed by atoms with Crippen LogP contribution in [0.4, 0.5) is 0 Å². The molecule has 25 heavy (non-hydrogen) atoms. The van der Waals surface area contributed by atoms with Crippen LogP contribution in [0.5, 0.6) is 11.5 Å². The first-order chi connectivity index (χ1) is 12.2. The van der Waals surface area contributed by atoms with Crippen molar-refractivity contribution in [3.05, 3.63) is 60.1 Å². The minimum absolute atomic E-state index is 0.238. The van der Waals surface area contributed by atoms with Crippen molar-refractivity contribution in [3.63, 3.8) is 0 Å². The molecule has 0 aliphatic rings. The number of benzene rings is 1. The number of carbonyl (C=O) groups is 1. The number of methoxy groups -OCH3 is 2. The number of amides is 1. The van der Waals surface area contributed by atoms with E-state index in [4.69, 9.17) is 9.47 Å². The van der Waals surface area contributed by atoms with Gasteiger partial charge >= 0.3 is 0 Å². The van der Waals surface area contributed by atoms with Crippen molar-refractivity contribution >= 4 is 17.6 Å². The molecule has 7 nitrogen and oxygen atoms in total. The molecular formula is C18H18N4O3. The maximum absolute atomic E-state index is 12.1. The van der Waals surface area contributed by atoms with Crippen molar-refractivity contribution in [1.82, 2.24) is 19.9 Å². The number of fused-ring (bicyclic) bond motifs is 1. The van der Waals surface area contributed by atoms with Crippen LogP contribution in [0, 0.1) is 0 Å². The molecule has 0 fully saturated rings. The lowest BCUT2D eigenvalue weighted by molar-refractivity contribution is -0.116. The number of ether oxygens (including phenoxy) is 2. The van der Waals surface area contributed by atoms with E-state index in [0.29, 0.717) is 17.3 Å². The van der Waals surface area contributed by atoms with Crippen LogP contribution < -0.4 is 14.8 Å². The Balaban J connectivity index is 1.67. The highest BCUT2D eigenvalue weighted by atomic mass is 16.5. The molecule has 128 valence electrons. The van der Waals surface area contributed by atoms with E-state index >= 15 is 0 Å². The summed E-state index contributed by atoms with van der Waals surface area (Å²) in [5.41, 5.74) is 1.49. The van der Waals surface area contributed by atoms with Gasteiger partial charge in [-0.2, -0.15) is 0 Å². The molecule has 0 aliphatic carbocycles. The number of nitrogens with one attached hydrogen (secondary N) is 1. The van der Waals surface area contributed by atoms with Crippen molar-refractivity contribution < 1.29 is 14.3 Å². The van der Waals surface area contributed by atoms with E-state index in [1.54, 1.807) is 38.5 Å². The van der Waals surface area contributed by atoms with Gasteiger partial charge in [-0.1, -0.05) is 6.07 Å². The van der Waals surface area contributed by atoms with Gasteiger partial charge in [0.1, 0.15) is 11.5 Å². The summed E-state index contributed by atoms with van der Waals surface area (Å²) in [4.78, 5) is 12.1. The van der Waals surface area contributed by atoms with E-state index < -0.39 is 0 Å². The van der Waals surface area contributed by atoms with E-state index in [-0.39, 0.29) is 12.5 Å². The van der Waals surface area contributed by atoms with E-state index in [1.807, 2.05) is 28.8 Å². The highest BCUT2D eigenvalue weighted by Gasteiger charge is 2.06. The molecule has 1 aromatic carbocycles. The minimum atomic E-state index is -0.238. The largest absolute Gasteiger partial charge is 0.497 e. The Morgan fingerprint density at radius 1 is 1.20 bits per heavy atom. The van der Waals surface area contributed by atoms with Crippen molar-refractivity contribution in [2.45, 2.75) is 6.54 Å². The Hall–Kier alpha value is -3.35. The summed E-state index contributed by atoms with van der Waals surface area (Å²) in [5, 5.41) is 10.9. The summed E-state index contributed by atoms with van der Waals surface area (Å²) in [6, 6.07) is 11.0. The lowest BCUT2D eigenvalue weighted by Gasteiger charge is -2.07. The predicted molar refractivity (Wildman–Crippen MR) is 93.4 cm³/mol. The summed E-state index contributed by atoms with van der Waals surface area (Å²) in [7, 11) is 3.17. The Labute approximate surface area is 144 Å². The van der Waals surface area contributed by atoms with Gasteiger partial charge in [-0.25, -0.2) is 0 Å². The van der Waals surface area contributed by atoms with E-state index in [1.165, 1.54) is 6.08 Å². The monoisotopic (exact) mass is 338 g/mol. The van der Waals surface area contributed by atoms with Gasteiger partial charge in [0.25, 0.3) is 0 Å². The second-order valence-electron chi connectivity index (χ2n) is 5.20. The van der Waals surface area contributed by atoms with Crippen LogP contribution in [-0.4, -0.2) is 34.7 Å². The molecular weight excluding hydrogens is 320 g/mol. The van der Waals surface area contributed by atoms with Crippen LogP contribution in [0.25, 0.3) is 11.7 Å². The van der Waals surface area contributed by atoms with E-state index in [2.05, 4.69) is 15.5 Å². The molecule has 0 saturated carbocycles. The van der Waals surface area contributed by atoms with Gasteiger partial charge in [-0.15, -0.1) is 10.2 Å². The van der Waals surface area contributed by atoms with Gasteiger partial charge in [-0.3, -0.25) is 9.20 Å². The first-order valence-electron chi connectivity index (χ1n) is 7.68. The molecule has 3 aromatic rings. The average molecular weight is 338 g/mol. The molecule has 3 rings (SSSR count). The predicted octanol–water partition coefficient (Wildman–Crippen LogP) is 2.08. The summed E-state index contributed by atoms with van der Waals surface area (Å²) >= 11 is 0. The number of aromatic nitrogens is 3. The molecule has 0 saturated heterocycles. The third kappa shape index (κ3) is 3.77. The van der Waals surface area contributed by atoms with Gasteiger partial charge in [0, 0.05) is 17.8 Å².